The minimum absolute atomic E-state index is 0.135. The van der Waals surface area contributed by atoms with E-state index in [1.165, 1.54) is 0 Å². The monoisotopic (exact) mass is 429 g/mol. The van der Waals surface area contributed by atoms with Crippen LogP contribution in [0, 0.1) is 0 Å². The molecule has 4 nitrogen and oxygen atoms in total. The molecule has 2 aromatic carbocycles. The normalized spacial score (nSPS) is 10.9. The van der Waals surface area contributed by atoms with E-state index in [0.717, 1.165) is 39.5 Å². The Morgan fingerprint density at radius 3 is 1.73 bits per heavy atom. The highest BCUT2D eigenvalue weighted by Crippen LogP contribution is 2.27. The molecule has 0 atom stereocenters. The first-order valence-corrected chi connectivity index (χ1v) is 10.9. The van der Waals surface area contributed by atoms with Gasteiger partial charge in [-0.3, -0.25) is 9.97 Å². The summed E-state index contributed by atoms with van der Waals surface area (Å²) in [5, 5.41) is 0. The van der Waals surface area contributed by atoms with E-state index in [9.17, 15) is 0 Å². The van der Waals surface area contributed by atoms with Gasteiger partial charge in [0.25, 0.3) is 0 Å². The van der Waals surface area contributed by atoms with Crippen LogP contribution >= 0.6 is 0 Å². The quantitative estimate of drug-likeness (QED) is 0.296. The summed E-state index contributed by atoms with van der Waals surface area (Å²) in [6.45, 7) is 0.461. The molecule has 0 aliphatic heterocycles. The first-order valence-electron chi connectivity index (χ1n) is 10.9. The molecule has 0 saturated carbocycles. The van der Waals surface area contributed by atoms with Gasteiger partial charge in [0.1, 0.15) is 6.10 Å². The predicted molar refractivity (Wildman–Crippen MR) is 130 cm³/mol. The van der Waals surface area contributed by atoms with Crippen molar-refractivity contribution in [3.05, 3.63) is 138 Å². The molecule has 33 heavy (non-hydrogen) atoms. The lowest BCUT2D eigenvalue weighted by Crippen LogP contribution is -2.06. The van der Waals surface area contributed by atoms with Gasteiger partial charge in [-0.05, 0) is 47.0 Å². The third-order valence-corrected chi connectivity index (χ3v) is 5.38. The van der Waals surface area contributed by atoms with Crippen molar-refractivity contribution in [1.82, 2.24) is 15.0 Å². The minimum atomic E-state index is -0.135. The van der Waals surface area contributed by atoms with E-state index in [2.05, 4.69) is 34.2 Å². The van der Waals surface area contributed by atoms with Crippen LogP contribution in [0.2, 0.25) is 0 Å². The maximum absolute atomic E-state index is 6.36. The number of pyridine rings is 3. The molecule has 3 heterocycles. The molecule has 160 valence electrons. The second kappa shape index (κ2) is 9.98. The number of benzene rings is 2. The Balaban J connectivity index is 1.33. The van der Waals surface area contributed by atoms with Crippen molar-refractivity contribution < 1.29 is 4.74 Å². The second-order valence-electron chi connectivity index (χ2n) is 7.69. The van der Waals surface area contributed by atoms with Crippen molar-refractivity contribution in [2.45, 2.75) is 12.7 Å². The zero-order valence-corrected chi connectivity index (χ0v) is 18.1. The summed E-state index contributed by atoms with van der Waals surface area (Å²) in [5.41, 5.74) is 6.58. The molecule has 0 bridgehead atoms. The fourth-order valence-corrected chi connectivity index (χ4v) is 3.72. The van der Waals surface area contributed by atoms with Gasteiger partial charge in [-0.15, -0.1) is 0 Å². The van der Waals surface area contributed by atoms with Crippen LogP contribution in [-0.4, -0.2) is 15.0 Å². The van der Waals surface area contributed by atoms with Gasteiger partial charge >= 0.3 is 0 Å². The first kappa shape index (κ1) is 20.7. The molecule has 0 amide bonds. The fraction of sp³-hybridized carbons (Fsp3) is 0.0690. The Morgan fingerprint density at radius 2 is 1.15 bits per heavy atom. The molecule has 0 N–H and O–H groups in total. The maximum Gasteiger partial charge on any atom is 0.108 e. The van der Waals surface area contributed by atoms with Crippen molar-refractivity contribution in [2.24, 2.45) is 0 Å². The lowest BCUT2D eigenvalue weighted by Gasteiger charge is -2.19. The zero-order valence-electron chi connectivity index (χ0n) is 18.1. The maximum atomic E-state index is 6.36. The molecule has 5 rings (SSSR count). The lowest BCUT2D eigenvalue weighted by molar-refractivity contribution is 0.0666. The van der Waals surface area contributed by atoms with E-state index in [1.54, 1.807) is 6.20 Å². The Kier molecular flexibility index (Phi) is 6.27. The highest BCUT2D eigenvalue weighted by Gasteiger charge is 2.14. The minimum Gasteiger partial charge on any atom is -0.364 e. The lowest BCUT2D eigenvalue weighted by atomic mass is 10.0. The topological polar surface area (TPSA) is 47.9 Å². The van der Waals surface area contributed by atoms with Gasteiger partial charge in [-0.2, -0.15) is 0 Å². The SMILES string of the molecule is c1ccc(C(OCc2ccc(-c3cccc(-c4ccccn4)n3)nc2)c2ccccc2)cc1. The van der Waals surface area contributed by atoms with Crippen molar-refractivity contribution in [1.29, 1.82) is 0 Å². The molecular formula is C29H23N3O. The number of aromatic nitrogens is 3. The predicted octanol–water partition coefficient (Wildman–Crippen LogP) is 6.51. The summed E-state index contributed by atoms with van der Waals surface area (Å²) in [4.78, 5) is 13.8. The third-order valence-electron chi connectivity index (χ3n) is 5.38. The van der Waals surface area contributed by atoms with Crippen molar-refractivity contribution in [3.8, 4) is 22.8 Å². The van der Waals surface area contributed by atoms with Crippen molar-refractivity contribution in [2.75, 3.05) is 0 Å². The smallest absolute Gasteiger partial charge is 0.108 e. The van der Waals surface area contributed by atoms with Crippen LogP contribution in [0.5, 0.6) is 0 Å². The third kappa shape index (κ3) is 5.03. The molecule has 0 spiro atoms. The highest BCUT2D eigenvalue weighted by atomic mass is 16.5. The van der Waals surface area contributed by atoms with E-state index in [0.29, 0.717) is 6.61 Å². The summed E-state index contributed by atoms with van der Waals surface area (Å²) < 4.78 is 6.36. The van der Waals surface area contributed by atoms with Gasteiger partial charge in [0.15, 0.2) is 0 Å². The molecule has 0 fully saturated rings. The molecule has 3 aromatic heterocycles. The van der Waals surface area contributed by atoms with Crippen molar-refractivity contribution >= 4 is 0 Å². The van der Waals surface area contributed by atoms with Gasteiger partial charge in [0.05, 0.1) is 29.4 Å². The molecule has 4 heteroatoms. The number of nitrogens with zero attached hydrogens (tertiary/aromatic N) is 3. The van der Waals surface area contributed by atoms with Crippen molar-refractivity contribution in [3.63, 3.8) is 0 Å². The van der Waals surface area contributed by atoms with E-state index in [1.807, 2.05) is 91.1 Å². The second-order valence-corrected chi connectivity index (χ2v) is 7.69. The highest BCUT2D eigenvalue weighted by molar-refractivity contribution is 5.61. The molecular weight excluding hydrogens is 406 g/mol. The number of rotatable bonds is 7. The molecule has 0 aliphatic carbocycles. The van der Waals surface area contributed by atoms with Gasteiger partial charge < -0.3 is 4.74 Å². The average Bonchev–Trinajstić information content (AvgIpc) is 2.91. The fourth-order valence-electron chi connectivity index (χ4n) is 3.72. The van der Waals surface area contributed by atoms with Crippen LogP contribution in [-0.2, 0) is 11.3 Å². The van der Waals surface area contributed by atoms with Crippen LogP contribution in [0.1, 0.15) is 22.8 Å². The molecule has 0 aliphatic rings. The van der Waals surface area contributed by atoms with Crippen LogP contribution in [0.4, 0.5) is 0 Å². The number of hydrogen-bond donors (Lipinski definition) is 0. The summed E-state index contributed by atoms with van der Waals surface area (Å²) >= 11 is 0. The molecule has 0 radical (unpaired) electrons. The van der Waals surface area contributed by atoms with Crippen LogP contribution in [0.25, 0.3) is 22.8 Å². The van der Waals surface area contributed by atoms with E-state index in [4.69, 9.17) is 9.72 Å². The van der Waals surface area contributed by atoms with Crippen LogP contribution in [0.15, 0.2) is 122 Å². The molecule has 5 aromatic rings. The van der Waals surface area contributed by atoms with Gasteiger partial charge in [-0.1, -0.05) is 78.9 Å². The van der Waals surface area contributed by atoms with Gasteiger partial charge in [0, 0.05) is 12.4 Å². The standard InChI is InChI=1S/C29H23N3O/c1-3-10-23(11-4-1)29(24-12-5-2-6-13-24)33-21-22-17-18-26(31-20-22)28-16-9-15-27(32-28)25-14-7-8-19-30-25/h1-20,29H,21H2. The number of hydrogen-bond acceptors (Lipinski definition) is 4. The van der Waals surface area contributed by atoms with E-state index in [-0.39, 0.29) is 6.10 Å². The Labute approximate surface area is 193 Å². The molecule has 0 unspecified atom stereocenters. The van der Waals surface area contributed by atoms with E-state index < -0.39 is 0 Å². The zero-order chi connectivity index (χ0) is 22.3. The summed E-state index contributed by atoms with van der Waals surface area (Å²) in [6, 6.07) is 36.3. The summed E-state index contributed by atoms with van der Waals surface area (Å²) in [6.07, 6.45) is 3.50. The number of ether oxygens (including phenoxy) is 1. The average molecular weight is 430 g/mol. The summed E-state index contributed by atoms with van der Waals surface area (Å²) in [5.74, 6) is 0. The summed E-state index contributed by atoms with van der Waals surface area (Å²) in [7, 11) is 0. The Morgan fingerprint density at radius 1 is 0.545 bits per heavy atom. The van der Waals surface area contributed by atoms with Crippen LogP contribution in [0.3, 0.4) is 0 Å². The van der Waals surface area contributed by atoms with E-state index >= 15 is 0 Å². The van der Waals surface area contributed by atoms with Gasteiger partial charge in [0.2, 0.25) is 0 Å². The molecule has 0 saturated heterocycles. The largest absolute Gasteiger partial charge is 0.364 e. The first-order chi connectivity index (χ1) is 16.4. The Bertz CT molecular complexity index is 1250. The van der Waals surface area contributed by atoms with Gasteiger partial charge in [-0.25, -0.2) is 4.98 Å². The Hall–Kier alpha value is -4.15. The van der Waals surface area contributed by atoms with Crippen LogP contribution < -0.4 is 0 Å².